The van der Waals surface area contributed by atoms with Crippen LogP contribution in [0.15, 0.2) is 18.2 Å². The minimum Gasteiger partial charge on any atom is -0.466 e. The van der Waals surface area contributed by atoms with E-state index >= 15 is 0 Å². The number of nitrogens with one attached hydrogen (secondary N) is 2. The Kier molecular flexibility index (Phi) is 6.49. The lowest BCUT2D eigenvalue weighted by Crippen LogP contribution is -2.42. The van der Waals surface area contributed by atoms with Gasteiger partial charge in [-0.3, -0.25) is 4.79 Å². The predicted molar refractivity (Wildman–Crippen MR) is 83.6 cm³/mol. The Balaban J connectivity index is 2.63. The topological polar surface area (TPSA) is 67.4 Å². The molecule has 0 saturated carbocycles. The van der Waals surface area contributed by atoms with Crippen molar-refractivity contribution < 1.29 is 14.3 Å². The van der Waals surface area contributed by atoms with Gasteiger partial charge in [0.2, 0.25) is 0 Å². The number of rotatable bonds is 5. The molecule has 0 spiro atoms. The maximum atomic E-state index is 12.0. The molecule has 0 saturated heterocycles. The molecule has 2 atom stereocenters. The van der Waals surface area contributed by atoms with Crippen molar-refractivity contribution in [2.24, 2.45) is 5.92 Å². The van der Waals surface area contributed by atoms with Gasteiger partial charge in [0, 0.05) is 6.04 Å². The second kappa shape index (κ2) is 7.88. The minimum atomic E-state index is -0.428. The summed E-state index contributed by atoms with van der Waals surface area (Å²) in [7, 11) is 0. The summed E-state index contributed by atoms with van der Waals surface area (Å²) in [5, 5.41) is 5.88. The van der Waals surface area contributed by atoms with Gasteiger partial charge in [-0.2, -0.15) is 0 Å². The van der Waals surface area contributed by atoms with Gasteiger partial charge in [-0.15, -0.1) is 0 Å². The third-order valence-corrected chi connectivity index (χ3v) is 3.54. The molecular weight excluding hydrogens is 292 g/mol. The fourth-order valence-corrected chi connectivity index (χ4v) is 2.02. The lowest BCUT2D eigenvalue weighted by Gasteiger charge is -2.20. The van der Waals surface area contributed by atoms with E-state index in [0.29, 0.717) is 17.3 Å². The number of esters is 1. The zero-order chi connectivity index (χ0) is 16.0. The van der Waals surface area contributed by atoms with Crippen LogP contribution in [0.25, 0.3) is 0 Å². The van der Waals surface area contributed by atoms with Gasteiger partial charge >= 0.3 is 12.0 Å². The van der Waals surface area contributed by atoms with Crippen LogP contribution in [0.3, 0.4) is 0 Å². The number of para-hydroxylation sites is 1. The van der Waals surface area contributed by atoms with E-state index in [0.717, 1.165) is 5.56 Å². The molecule has 0 heterocycles. The van der Waals surface area contributed by atoms with E-state index in [1.54, 1.807) is 26.8 Å². The molecule has 0 fully saturated rings. The van der Waals surface area contributed by atoms with Gasteiger partial charge in [-0.05, 0) is 39.3 Å². The van der Waals surface area contributed by atoms with E-state index in [4.69, 9.17) is 16.3 Å². The molecule has 0 aromatic heterocycles. The second-order valence-corrected chi connectivity index (χ2v) is 5.27. The molecule has 5 nitrogen and oxygen atoms in total. The molecule has 116 valence electrons. The molecule has 0 unspecified atom stereocenters. The van der Waals surface area contributed by atoms with Gasteiger partial charge in [-0.1, -0.05) is 23.7 Å². The summed E-state index contributed by atoms with van der Waals surface area (Å²) in [4.78, 5) is 23.6. The van der Waals surface area contributed by atoms with E-state index < -0.39 is 11.9 Å². The van der Waals surface area contributed by atoms with Gasteiger partial charge < -0.3 is 15.4 Å². The van der Waals surface area contributed by atoms with Crippen molar-refractivity contribution in [1.29, 1.82) is 0 Å². The summed E-state index contributed by atoms with van der Waals surface area (Å²) in [6, 6.07) is 4.61. The standard InChI is InChI=1S/C15H21ClN2O3/c1-5-21-14(19)10(3)11(4)17-15(20)18-13-9(2)7-6-8-12(13)16/h6-8,10-11H,5H2,1-4H3,(H2,17,18,20)/t10-,11-/m0/s1. The Labute approximate surface area is 130 Å². The number of amides is 2. The first-order chi connectivity index (χ1) is 9.86. The number of benzene rings is 1. The number of ether oxygens (including phenoxy) is 1. The van der Waals surface area contributed by atoms with Gasteiger partial charge in [0.05, 0.1) is 23.2 Å². The quantitative estimate of drug-likeness (QED) is 0.819. The fourth-order valence-electron chi connectivity index (χ4n) is 1.75. The molecule has 6 heteroatoms. The van der Waals surface area contributed by atoms with Crippen LogP contribution in [0.2, 0.25) is 5.02 Å². The largest absolute Gasteiger partial charge is 0.466 e. The molecule has 0 aliphatic carbocycles. The van der Waals surface area contributed by atoms with Crippen LogP contribution in [0.4, 0.5) is 10.5 Å². The maximum absolute atomic E-state index is 12.0. The van der Waals surface area contributed by atoms with Crippen LogP contribution in [0.5, 0.6) is 0 Å². The summed E-state index contributed by atoms with van der Waals surface area (Å²) in [5.74, 6) is -0.762. The van der Waals surface area contributed by atoms with Crippen LogP contribution in [-0.2, 0) is 9.53 Å². The number of halogens is 1. The summed E-state index contributed by atoms with van der Waals surface area (Å²) >= 11 is 6.05. The Bertz CT molecular complexity index is 499. The van der Waals surface area contributed by atoms with Crippen molar-refractivity contribution in [2.75, 3.05) is 11.9 Å². The number of carbonyl (C=O) groups excluding carboxylic acids is 2. The van der Waals surface area contributed by atoms with Crippen LogP contribution in [0.1, 0.15) is 26.3 Å². The third-order valence-electron chi connectivity index (χ3n) is 3.23. The Morgan fingerprint density at radius 3 is 2.57 bits per heavy atom. The van der Waals surface area contributed by atoms with Crippen LogP contribution in [0, 0.1) is 12.8 Å². The lowest BCUT2D eigenvalue weighted by molar-refractivity contribution is -0.148. The van der Waals surface area contributed by atoms with Crippen LogP contribution < -0.4 is 10.6 Å². The Hall–Kier alpha value is -1.75. The molecule has 2 N–H and O–H groups in total. The number of aryl methyl sites for hydroxylation is 1. The van der Waals surface area contributed by atoms with Gasteiger partial charge in [-0.25, -0.2) is 4.79 Å². The monoisotopic (exact) mass is 312 g/mol. The third kappa shape index (κ3) is 4.93. The number of hydrogen-bond donors (Lipinski definition) is 2. The second-order valence-electron chi connectivity index (χ2n) is 4.86. The van der Waals surface area contributed by atoms with E-state index in [1.165, 1.54) is 0 Å². The highest BCUT2D eigenvalue weighted by atomic mass is 35.5. The van der Waals surface area contributed by atoms with Crippen molar-refractivity contribution in [3.8, 4) is 0 Å². The zero-order valence-electron chi connectivity index (χ0n) is 12.7. The summed E-state index contributed by atoms with van der Waals surface area (Å²) in [6.45, 7) is 7.38. The van der Waals surface area contributed by atoms with Crippen molar-refractivity contribution >= 4 is 29.3 Å². The number of anilines is 1. The van der Waals surface area contributed by atoms with Gasteiger partial charge in [0.25, 0.3) is 0 Å². The SMILES string of the molecule is CCOC(=O)[C@@H](C)[C@H](C)NC(=O)Nc1c(C)cccc1Cl. The van der Waals surface area contributed by atoms with Crippen LogP contribution in [-0.4, -0.2) is 24.6 Å². The van der Waals surface area contributed by atoms with Crippen molar-refractivity contribution in [3.05, 3.63) is 28.8 Å². The van der Waals surface area contributed by atoms with E-state index in [-0.39, 0.29) is 12.0 Å². The molecule has 0 aliphatic heterocycles. The molecule has 1 rings (SSSR count). The molecule has 1 aromatic carbocycles. The maximum Gasteiger partial charge on any atom is 0.319 e. The molecule has 0 aliphatic rings. The van der Waals surface area contributed by atoms with E-state index in [9.17, 15) is 9.59 Å². The molecular formula is C15H21ClN2O3. The Morgan fingerprint density at radius 1 is 1.33 bits per heavy atom. The average molecular weight is 313 g/mol. The summed E-state index contributed by atoms with van der Waals surface area (Å²) < 4.78 is 4.93. The highest BCUT2D eigenvalue weighted by molar-refractivity contribution is 6.33. The minimum absolute atomic E-state index is 0.320. The zero-order valence-corrected chi connectivity index (χ0v) is 13.5. The highest BCUT2D eigenvalue weighted by Gasteiger charge is 2.23. The van der Waals surface area contributed by atoms with Crippen molar-refractivity contribution in [1.82, 2.24) is 5.32 Å². The predicted octanol–water partition coefficient (Wildman–Crippen LogP) is 3.36. The molecule has 2 amide bonds. The first-order valence-corrected chi connectivity index (χ1v) is 7.23. The number of carbonyl (C=O) groups is 2. The number of urea groups is 1. The fraction of sp³-hybridized carbons (Fsp3) is 0.467. The molecule has 0 radical (unpaired) electrons. The van der Waals surface area contributed by atoms with Crippen LogP contribution >= 0.6 is 11.6 Å². The van der Waals surface area contributed by atoms with E-state index in [2.05, 4.69) is 10.6 Å². The highest BCUT2D eigenvalue weighted by Crippen LogP contribution is 2.25. The van der Waals surface area contributed by atoms with Gasteiger partial charge in [0.15, 0.2) is 0 Å². The first-order valence-electron chi connectivity index (χ1n) is 6.86. The van der Waals surface area contributed by atoms with Gasteiger partial charge in [0.1, 0.15) is 0 Å². The molecule has 21 heavy (non-hydrogen) atoms. The first kappa shape index (κ1) is 17.3. The number of hydrogen-bond acceptors (Lipinski definition) is 3. The lowest BCUT2D eigenvalue weighted by atomic mass is 10.0. The molecule has 1 aromatic rings. The van der Waals surface area contributed by atoms with Crippen molar-refractivity contribution in [3.63, 3.8) is 0 Å². The van der Waals surface area contributed by atoms with E-state index in [1.807, 2.05) is 19.1 Å². The van der Waals surface area contributed by atoms with Crippen molar-refractivity contribution in [2.45, 2.75) is 33.7 Å². The average Bonchev–Trinajstić information content (AvgIpc) is 2.42. The normalized spacial score (nSPS) is 13.2. The molecule has 0 bridgehead atoms. The smallest absolute Gasteiger partial charge is 0.319 e. The summed E-state index contributed by atoms with van der Waals surface area (Å²) in [6.07, 6.45) is 0. The Morgan fingerprint density at radius 2 is 2.00 bits per heavy atom. The summed E-state index contributed by atoms with van der Waals surface area (Å²) in [5.41, 5.74) is 1.43.